The van der Waals surface area contributed by atoms with E-state index < -0.39 is 0 Å². The Morgan fingerprint density at radius 3 is 3.05 bits per heavy atom. The lowest BCUT2D eigenvalue weighted by molar-refractivity contribution is 0.571. The van der Waals surface area contributed by atoms with Crippen LogP contribution in [-0.4, -0.2) is 11.0 Å². The zero-order chi connectivity index (χ0) is 12.7. The van der Waals surface area contributed by atoms with Gasteiger partial charge in [-0.1, -0.05) is 0 Å². The van der Waals surface area contributed by atoms with Crippen LogP contribution in [0.15, 0.2) is 16.7 Å². The first-order valence-electron chi connectivity index (χ1n) is 7.18. The predicted molar refractivity (Wildman–Crippen MR) is 76.3 cm³/mol. The van der Waals surface area contributed by atoms with Gasteiger partial charge in [0, 0.05) is 17.5 Å². The molecule has 100 valence electrons. The number of thiophene rings is 1. The summed E-state index contributed by atoms with van der Waals surface area (Å²) in [6.07, 6.45) is 9.52. The van der Waals surface area contributed by atoms with E-state index in [-0.39, 0.29) is 0 Å². The van der Waals surface area contributed by atoms with Crippen LogP contribution in [0.5, 0.6) is 0 Å². The van der Waals surface area contributed by atoms with Crippen LogP contribution >= 0.6 is 11.3 Å². The summed E-state index contributed by atoms with van der Waals surface area (Å²) in [7, 11) is 0. The first kappa shape index (κ1) is 11.7. The summed E-state index contributed by atoms with van der Waals surface area (Å²) in [5.41, 5.74) is 2.54. The summed E-state index contributed by atoms with van der Waals surface area (Å²) in [5.74, 6) is 0.798. The SMILES string of the molecule is c1oc(-c2cc3c(s2)CCCC3)nc1CNC1CC1. The van der Waals surface area contributed by atoms with E-state index in [1.807, 2.05) is 11.3 Å². The monoisotopic (exact) mass is 274 g/mol. The van der Waals surface area contributed by atoms with Gasteiger partial charge in [-0.3, -0.25) is 0 Å². The van der Waals surface area contributed by atoms with E-state index in [1.165, 1.54) is 53.8 Å². The Hall–Kier alpha value is -1.13. The molecule has 0 aromatic carbocycles. The summed E-state index contributed by atoms with van der Waals surface area (Å²) < 4.78 is 5.64. The van der Waals surface area contributed by atoms with Gasteiger partial charge in [0.2, 0.25) is 5.89 Å². The maximum absolute atomic E-state index is 5.64. The van der Waals surface area contributed by atoms with Gasteiger partial charge >= 0.3 is 0 Å². The van der Waals surface area contributed by atoms with Crippen LogP contribution in [0.1, 0.15) is 41.8 Å². The van der Waals surface area contributed by atoms with Crippen molar-refractivity contribution >= 4 is 11.3 Å². The van der Waals surface area contributed by atoms with E-state index in [4.69, 9.17) is 4.42 Å². The Bertz CT molecular complexity index is 559. The lowest BCUT2D eigenvalue weighted by Gasteiger charge is -2.08. The van der Waals surface area contributed by atoms with Crippen molar-refractivity contribution in [2.45, 2.75) is 51.1 Å². The zero-order valence-electron chi connectivity index (χ0n) is 10.9. The Balaban J connectivity index is 1.52. The van der Waals surface area contributed by atoms with Crippen molar-refractivity contribution < 1.29 is 4.42 Å². The number of aromatic nitrogens is 1. The number of nitrogens with one attached hydrogen (secondary N) is 1. The number of aryl methyl sites for hydroxylation is 2. The lowest BCUT2D eigenvalue weighted by atomic mass is 9.99. The Labute approximate surface area is 117 Å². The van der Waals surface area contributed by atoms with Crippen LogP contribution in [-0.2, 0) is 19.4 Å². The van der Waals surface area contributed by atoms with Crippen molar-refractivity contribution in [1.29, 1.82) is 0 Å². The molecule has 2 aromatic heterocycles. The largest absolute Gasteiger partial charge is 0.444 e. The van der Waals surface area contributed by atoms with Gasteiger partial charge in [0.1, 0.15) is 6.26 Å². The van der Waals surface area contributed by atoms with Crippen molar-refractivity contribution in [3.63, 3.8) is 0 Å². The minimum atomic E-state index is 0.717. The van der Waals surface area contributed by atoms with Gasteiger partial charge in [0.05, 0.1) is 10.6 Å². The third-order valence-electron chi connectivity index (χ3n) is 3.91. The first-order valence-corrected chi connectivity index (χ1v) is 8.00. The Morgan fingerprint density at radius 2 is 2.21 bits per heavy atom. The number of oxazole rings is 1. The minimum Gasteiger partial charge on any atom is -0.444 e. The molecule has 4 heteroatoms. The molecule has 2 aromatic rings. The number of hydrogen-bond acceptors (Lipinski definition) is 4. The Kier molecular flexibility index (Phi) is 2.93. The molecule has 1 fully saturated rings. The summed E-state index contributed by atoms with van der Waals surface area (Å²) >= 11 is 1.86. The molecule has 0 bridgehead atoms. The quantitative estimate of drug-likeness (QED) is 0.926. The smallest absolute Gasteiger partial charge is 0.236 e. The van der Waals surface area contributed by atoms with E-state index in [9.17, 15) is 0 Å². The fraction of sp³-hybridized carbons (Fsp3) is 0.533. The van der Waals surface area contributed by atoms with E-state index >= 15 is 0 Å². The third-order valence-corrected chi connectivity index (χ3v) is 5.13. The summed E-state index contributed by atoms with van der Waals surface area (Å²) in [5, 5.41) is 3.47. The van der Waals surface area contributed by atoms with Crippen molar-refractivity contribution in [3.8, 4) is 10.8 Å². The maximum Gasteiger partial charge on any atom is 0.236 e. The predicted octanol–water partition coefficient (Wildman–Crippen LogP) is 3.53. The van der Waals surface area contributed by atoms with Crippen LogP contribution in [0.4, 0.5) is 0 Å². The molecule has 0 spiro atoms. The van der Waals surface area contributed by atoms with Crippen LogP contribution in [0, 0.1) is 0 Å². The second-order valence-electron chi connectivity index (χ2n) is 5.57. The molecule has 0 amide bonds. The average molecular weight is 274 g/mol. The number of hydrogen-bond donors (Lipinski definition) is 1. The van der Waals surface area contributed by atoms with Gasteiger partial charge in [0.15, 0.2) is 0 Å². The highest BCUT2D eigenvalue weighted by Gasteiger charge is 2.21. The highest BCUT2D eigenvalue weighted by atomic mass is 32.1. The van der Waals surface area contributed by atoms with Crippen molar-refractivity contribution in [2.24, 2.45) is 0 Å². The molecule has 19 heavy (non-hydrogen) atoms. The molecule has 2 heterocycles. The van der Waals surface area contributed by atoms with Gasteiger partial charge in [-0.15, -0.1) is 11.3 Å². The van der Waals surface area contributed by atoms with Crippen LogP contribution in [0.2, 0.25) is 0 Å². The second-order valence-corrected chi connectivity index (χ2v) is 6.70. The molecule has 1 N–H and O–H groups in total. The van der Waals surface area contributed by atoms with Gasteiger partial charge in [-0.25, -0.2) is 4.98 Å². The first-order chi connectivity index (χ1) is 9.38. The van der Waals surface area contributed by atoms with E-state index in [0.29, 0.717) is 6.04 Å². The molecular formula is C15H18N2OS. The molecular weight excluding hydrogens is 256 g/mol. The third kappa shape index (κ3) is 2.47. The fourth-order valence-corrected chi connectivity index (χ4v) is 3.82. The highest BCUT2D eigenvalue weighted by Crippen LogP contribution is 2.35. The molecule has 0 saturated heterocycles. The fourth-order valence-electron chi connectivity index (χ4n) is 2.63. The van der Waals surface area contributed by atoms with E-state index in [2.05, 4.69) is 16.4 Å². The van der Waals surface area contributed by atoms with Gasteiger partial charge < -0.3 is 9.73 Å². The summed E-state index contributed by atoms with van der Waals surface area (Å²) in [6, 6.07) is 3.00. The van der Waals surface area contributed by atoms with Crippen LogP contribution in [0.3, 0.4) is 0 Å². The molecule has 0 radical (unpaired) electrons. The molecule has 2 aliphatic carbocycles. The minimum absolute atomic E-state index is 0.717. The molecule has 1 saturated carbocycles. The molecule has 2 aliphatic rings. The second kappa shape index (κ2) is 4.76. The molecule has 3 nitrogen and oxygen atoms in total. The average Bonchev–Trinajstić information content (AvgIpc) is 2.99. The topological polar surface area (TPSA) is 38.1 Å². The van der Waals surface area contributed by atoms with E-state index in [0.717, 1.165) is 18.1 Å². The molecule has 0 unspecified atom stereocenters. The molecule has 0 atom stereocenters. The lowest BCUT2D eigenvalue weighted by Crippen LogP contribution is -2.15. The van der Waals surface area contributed by atoms with Crippen molar-refractivity contribution in [1.82, 2.24) is 10.3 Å². The van der Waals surface area contributed by atoms with Crippen LogP contribution in [0.25, 0.3) is 10.8 Å². The maximum atomic E-state index is 5.64. The number of rotatable bonds is 4. The standard InChI is InChI=1S/C15H18N2OS/c1-2-4-13-10(3-1)7-14(19-13)15-17-12(9-18-15)8-16-11-5-6-11/h7,9,11,16H,1-6,8H2. The van der Waals surface area contributed by atoms with Crippen molar-refractivity contribution in [3.05, 3.63) is 28.5 Å². The van der Waals surface area contributed by atoms with Gasteiger partial charge in [-0.2, -0.15) is 0 Å². The number of fused-ring (bicyclic) bond motifs is 1. The normalized spacial score (nSPS) is 18.5. The highest BCUT2D eigenvalue weighted by molar-refractivity contribution is 7.15. The Morgan fingerprint density at radius 1 is 1.32 bits per heavy atom. The molecule has 0 aliphatic heterocycles. The zero-order valence-corrected chi connectivity index (χ0v) is 11.8. The van der Waals surface area contributed by atoms with E-state index in [1.54, 1.807) is 6.26 Å². The summed E-state index contributed by atoms with van der Waals surface area (Å²) in [4.78, 5) is 7.34. The van der Waals surface area contributed by atoms with Crippen molar-refractivity contribution in [2.75, 3.05) is 0 Å². The number of nitrogens with zero attached hydrogens (tertiary/aromatic N) is 1. The van der Waals surface area contributed by atoms with Gasteiger partial charge in [0.25, 0.3) is 0 Å². The summed E-state index contributed by atoms with van der Waals surface area (Å²) in [6.45, 7) is 0.833. The van der Waals surface area contributed by atoms with Crippen LogP contribution < -0.4 is 5.32 Å². The molecule has 4 rings (SSSR count). The van der Waals surface area contributed by atoms with Gasteiger partial charge in [-0.05, 0) is 50.2 Å².